The zero-order valence-electron chi connectivity index (χ0n) is 13.2. The predicted molar refractivity (Wildman–Crippen MR) is 83.8 cm³/mol. The number of benzene rings is 1. The topological polar surface area (TPSA) is 56.5 Å². The van der Waals surface area contributed by atoms with Gasteiger partial charge in [0.1, 0.15) is 0 Å². The molecule has 0 spiro atoms. The smallest absolute Gasteiger partial charge is 0.0991 e. The van der Waals surface area contributed by atoms with Gasteiger partial charge in [-0.3, -0.25) is 4.90 Å². The minimum absolute atomic E-state index is 0.137. The van der Waals surface area contributed by atoms with Crippen LogP contribution in [0.15, 0.2) is 24.3 Å². The zero-order chi connectivity index (χ0) is 15.7. The van der Waals surface area contributed by atoms with E-state index in [4.69, 9.17) is 10.00 Å². The Labute approximate surface area is 128 Å². The lowest BCUT2D eigenvalue weighted by molar-refractivity contribution is -0.00949. The van der Waals surface area contributed by atoms with E-state index in [1.165, 1.54) is 0 Å². The summed E-state index contributed by atoms with van der Waals surface area (Å²) in [4.78, 5) is 2.22. The summed E-state index contributed by atoms with van der Waals surface area (Å²) in [5.74, 6) is 0. The Hall–Kier alpha value is -1.41. The third kappa shape index (κ3) is 7.24. The first-order valence-corrected chi connectivity index (χ1v) is 7.56. The molecule has 4 nitrogen and oxygen atoms in total. The molecule has 1 rings (SSSR count). The number of ether oxygens (including phenoxy) is 1. The van der Waals surface area contributed by atoms with Crippen LogP contribution in [0.4, 0.5) is 0 Å². The lowest BCUT2D eigenvalue weighted by Gasteiger charge is -2.25. The average Bonchev–Trinajstić information content (AvgIpc) is 2.46. The summed E-state index contributed by atoms with van der Waals surface area (Å²) < 4.78 is 5.45. The summed E-state index contributed by atoms with van der Waals surface area (Å²) >= 11 is 0. The number of aliphatic hydroxyl groups excluding tert-OH is 1. The van der Waals surface area contributed by atoms with Gasteiger partial charge in [-0.2, -0.15) is 5.26 Å². The van der Waals surface area contributed by atoms with Gasteiger partial charge in [0.2, 0.25) is 0 Å². The highest BCUT2D eigenvalue weighted by Crippen LogP contribution is 2.08. The fourth-order valence-electron chi connectivity index (χ4n) is 2.15. The molecular formula is C17H26N2O2. The molecule has 21 heavy (non-hydrogen) atoms. The molecule has 1 aromatic carbocycles. The monoisotopic (exact) mass is 290 g/mol. The molecule has 1 N–H and O–H groups in total. The fourth-order valence-corrected chi connectivity index (χ4v) is 2.15. The van der Waals surface area contributed by atoms with Gasteiger partial charge in [-0.25, -0.2) is 0 Å². The lowest BCUT2D eigenvalue weighted by atomic mass is 10.1. The summed E-state index contributed by atoms with van der Waals surface area (Å²) in [6.07, 6.45) is 0.698. The van der Waals surface area contributed by atoms with Crippen LogP contribution >= 0.6 is 0 Å². The van der Waals surface area contributed by atoms with Crippen LogP contribution in [0.1, 0.15) is 38.3 Å². The molecular weight excluding hydrogens is 264 g/mol. The molecule has 1 atom stereocenters. The molecule has 0 radical (unpaired) electrons. The van der Waals surface area contributed by atoms with E-state index in [1.54, 1.807) is 0 Å². The molecule has 0 aliphatic rings. The number of nitrogens with zero attached hydrogens (tertiary/aromatic N) is 2. The van der Waals surface area contributed by atoms with E-state index in [9.17, 15) is 5.11 Å². The molecule has 0 bridgehead atoms. The zero-order valence-corrected chi connectivity index (χ0v) is 13.2. The van der Waals surface area contributed by atoms with E-state index in [2.05, 4.69) is 17.9 Å². The SMILES string of the molecule is CCCN(Cc1ccc(C#N)cc1)CC(O)COC(C)C. The highest BCUT2D eigenvalue weighted by Gasteiger charge is 2.12. The van der Waals surface area contributed by atoms with E-state index < -0.39 is 6.10 Å². The quantitative estimate of drug-likeness (QED) is 0.759. The van der Waals surface area contributed by atoms with Gasteiger partial charge in [0.05, 0.1) is 30.4 Å². The number of aliphatic hydroxyl groups is 1. The second-order valence-corrected chi connectivity index (χ2v) is 5.58. The van der Waals surface area contributed by atoms with Gasteiger partial charge in [0, 0.05) is 13.1 Å². The predicted octanol–water partition coefficient (Wildman–Crippen LogP) is 2.56. The van der Waals surface area contributed by atoms with E-state index in [0.29, 0.717) is 18.7 Å². The average molecular weight is 290 g/mol. The number of nitriles is 1. The molecule has 1 unspecified atom stereocenters. The maximum absolute atomic E-state index is 10.0. The number of rotatable bonds is 9. The minimum atomic E-state index is -0.475. The van der Waals surface area contributed by atoms with Gasteiger partial charge in [0.15, 0.2) is 0 Å². The van der Waals surface area contributed by atoms with Crippen molar-refractivity contribution in [2.45, 2.75) is 45.9 Å². The maximum Gasteiger partial charge on any atom is 0.0991 e. The molecule has 0 saturated carbocycles. The van der Waals surface area contributed by atoms with Crippen molar-refractivity contribution in [1.29, 1.82) is 5.26 Å². The molecule has 0 fully saturated rings. The maximum atomic E-state index is 10.0. The largest absolute Gasteiger partial charge is 0.389 e. The molecule has 116 valence electrons. The highest BCUT2D eigenvalue weighted by atomic mass is 16.5. The van der Waals surface area contributed by atoms with Crippen LogP contribution < -0.4 is 0 Å². The van der Waals surface area contributed by atoms with Gasteiger partial charge in [-0.15, -0.1) is 0 Å². The number of hydrogen-bond donors (Lipinski definition) is 1. The summed E-state index contributed by atoms with van der Waals surface area (Å²) in [7, 11) is 0. The molecule has 0 aliphatic carbocycles. The standard InChI is InChI=1S/C17H26N2O2/c1-4-9-19(12-17(20)13-21-14(2)3)11-16-7-5-15(10-18)6-8-16/h5-8,14,17,20H,4,9,11-13H2,1-3H3. The first-order chi connectivity index (χ1) is 10.0. The first-order valence-electron chi connectivity index (χ1n) is 7.56. The molecule has 0 saturated heterocycles. The van der Waals surface area contributed by atoms with Crippen molar-refractivity contribution in [3.63, 3.8) is 0 Å². The first kappa shape index (κ1) is 17.6. The van der Waals surface area contributed by atoms with Gasteiger partial charge in [-0.05, 0) is 44.5 Å². The Morgan fingerprint density at radius 2 is 1.95 bits per heavy atom. The fraction of sp³-hybridized carbons (Fsp3) is 0.588. The van der Waals surface area contributed by atoms with Crippen molar-refractivity contribution in [1.82, 2.24) is 4.90 Å². The van der Waals surface area contributed by atoms with Crippen LogP contribution in [0, 0.1) is 11.3 Å². The van der Waals surface area contributed by atoms with Crippen LogP contribution in [0.5, 0.6) is 0 Å². The molecule has 0 aliphatic heterocycles. The molecule has 1 aromatic rings. The normalized spacial score (nSPS) is 12.6. The van der Waals surface area contributed by atoms with Crippen molar-refractivity contribution >= 4 is 0 Å². The summed E-state index contributed by atoms with van der Waals surface area (Å²) in [6.45, 7) is 8.73. The van der Waals surface area contributed by atoms with E-state index in [-0.39, 0.29) is 6.10 Å². The third-order valence-corrected chi connectivity index (χ3v) is 3.12. The minimum Gasteiger partial charge on any atom is -0.389 e. The molecule has 0 amide bonds. The summed E-state index contributed by atoms with van der Waals surface area (Å²) in [5, 5.41) is 18.9. The Morgan fingerprint density at radius 3 is 2.48 bits per heavy atom. The second-order valence-electron chi connectivity index (χ2n) is 5.58. The van der Waals surface area contributed by atoms with Gasteiger partial charge in [-0.1, -0.05) is 19.1 Å². The van der Waals surface area contributed by atoms with E-state index in [1.807, 2.05) is 38.1 Å². The van der Waals surface area contributed by atoms with Crippen LogP contribution in [0.3, 0.4) is 0 Å². The van der Waals surface area contributed by atoms with E-state index in [0.717, 1.165) is 25.1 Å². The Bertz CT molecular complexity index is 437. The van der Waals surface area contributed by atoms with Crippen molar-refractivity contribution in [2.24, 2.45) is 0 Å². The van der Waals surface area contributed by atoms with Crippen LogP contribution in [0.25, 0.3) is 0 Å². The summed E-state index contributed by atoms with van der Waals surface area (Å²) in [5.41, 5.74) is 1.82. The Balaban J connectivity index is 2.53. The third-order valence-electron chi connectivity index (χ3n) is 3.12. The van der Waals surface area contributed by atoms with Crippen LogP contribution in [-0.4, -0.2) is 41.9 Å². The molecule has 0 heterocycles. The van der Waals surface area contributed by atoms with Gasteiger partial charge < -0.3 is 9.84 Å². The van der Waals surface area contributed by atoms with Crippen molar-refractivity contribution < 1.29 is 9.84 Å². The summed E-state index contributed by atoms with van der Waals surface area (Å²) in [6, 6.07) is 9.73. The van der Waals surface area contributed by atoms with Crippen molar-refractivity contribution in [3.05, 3.63) is 35.4 Å². The lowest BCUT2D eigenvalue weighted by Crippen LogP contribution is -2.35. The Kier molecular flexibility index (Phi) is 7.99. The molecule has 0 aromatic heterocycles. The van der Waals surface area contributed by atoms with Crippen LogP contribution in [-0.2, 0) is 11.3 Å². The van der Waals surface area contributed by atoms with Gasteiger partial charge >= 0.3 is 0 Å². The second kappa shape index (κ2) is 9.51. The highest BCUT2D eigenvalue weighted by molar-refractivity contribution is 5.31. The van der Waals surface area contributed by atoms with Crippen molar-refractivity contribution in [2.75, 3.05) is 19.7 Å². The Morgan fingerprint density at radius 1 is 1.29 bits per heavy atom. The van der Waals surface area contributed by atoms with Crippen LogP contribution in [0.2, 0.25) is 0 Å². The van der Waals surface area contributed by atoms with Gasteiger partial charge in [0.25, 0.3) is 0 Å². The molecule has 4 heteroatoms. The number of hydrogen-bond acceptors (Lipinski definition) is 4. The van der Waals surface area contributed by atoms with E-state index >= 15 is 0 Å². The van der Waals surface area contributed by atoms with Crippen molar-refractivity contribution in [3.8, 4) is 6.07 Å².